The molecule has 0 spiro atoms. The van der Waals surface area contributed by atoms with Crippen LogP contribution in [0.5, 0.6) is 0 Å². The van der Waals surface area contributed by atoms with Crippen LogP contribution in [0, 0.1) is 12.7 Å². The minimum Gasteiger partial charge on any atom is -0.448 e. The molecule has 8 heteroatoms. The summed E-state index contributed by atoms with van der Waals surface area (Å²) in [6.45, 7) is 1.94. The van der Waals surface area contributed by atoms with Gasteiger partial charge in [-0.2, -0.15) is 0 Å². The molecular formula is C24H21FN2O4S. The van der Waals surface area contributed by atoms with Crippen molar-refractivity contribution in [1.82, 2.24) is 9.88 Å². The maximum absolute atomic E-state index is 13.2. The van der Waals surface area contributed by atoms with Gasteiger partial charge in [0.05, 0.1) is 5.69 Å². The van der Waals surface area contributed by atoms with Crippen molar-refractivity contribution in [3.05, 3.63) is 76.5 Å². The molecule has 32 heavy (non-hydrogen) atoms. The number of thiazole rings is 1. The van der Waals surface area contributed by atoms with Crippen LogP contribution in [0.1, 0.15) is 45.0 Å². The van der Waals surface area contributed by atoms with Gasteiger partial charge >= 0.3 is 5.97 Å². The van der Waals surface area contributed by atoms with Gasteiger partial charge < -0.3 is 4.74 Å². The number of carbonyl (C=O) groups excluding carboxylic acids is 3. The van der Waals surface area contributed by atoms with Crippen molar-refractivity contribution in [2.75, 3.05) is 6.54 Å². The number of aromatic nitrogens is 1. The maximum atomic E-state index is 13.2. The van der Waals surface area contributed by atoms with Crippen LogP contribution in [0.2, 0.25) is 0 Å². The average Bonchev–Trinajstić information content (AvgIpc) is 3.11. The number of benzene rings is 2. The van der Waals surface area contributed by atoms with E-state index in [0.29, 0.717) is 34.8 Å². The fourth-order valence-corrected chi connectivity index (χ4v) is 4.49. The highest BCUT2D eigenvalue weighted by atomic mass is 32.1. The van der Waals surface area contributed by atoms with E-state index < -0.39 is 29.7 Å². The number of imide groups is 1. The summed E-state index contributed by atoms with van der Waals surface area (Å²) in [4.78, 5) is 44.6. The molecule has 0 radical (unpaired) electrons. The first-order chi connectivity index (χ1) is 15.4. The van der Waals surface area contributed by atoms with Gasteiger partial charge in [-0.1, -0.05) is 30.3 Å². The van der Waals surface area contributed by atoms with Crippen molar-refractivity contribution in [2.24, 2.45) is 0 Å². The van der Waals surface area contributed by atoms with Gasteiger partial charge in [0.1, 0.15) is 15.7 Å². The van der Waals surface area contributed by atoms with Crippen LogP contribution < -0.4 is 0 Å². The van der Waals surface area contributed by atoms with E-state index in [9.17, 15) is 18.8 Å². The molecule has 0 saturated carbocycles. The lowest BCUT2D eigenvalue weighted by Gasteiger charge is -2.22. The number of ether oxygens (including phenoxy) is 1. The van der Waals surface area contributed by atoms with Crippen LogP contribution in [0.15, 0.2) is 54.6 Å². The molecule has 1 fully saturated rings. The maximum Gasteiger partial charge on any atom is 0.351 e. The summed E-state index contributed by atoms with van der Waals surface area (Å²) >= 11 is 1.21. The van der Waals surface area contributed by atoms with E-state index in [4.69, 9.17) is 4.74 Å². The Balaban J connectivity index is 1.51. The Morgan fingerprint density at radius 3 is 2.53 bits per heavy atom. The predicted molar refractivity (Wildman–Crippen MR) is 118 cm³/mol. The summed E-state index contributed by atoms with van der Waals surface area (Å²) in [6, 6.07) is 14.5. The Morgan fingerprint density at radius 2 is 1.81 bits per heavy atom. The van der Waals surface area contributed by atoms with Crippen LogP contribution in [0.25, 0.3) is 10.6 Å². The van der Waals surface area contributed by atoms with Crippen molar-refractivity contribution in [3.63, 3.8) is 0 Å². The van der Waals surface area contributed by atoms with E-state index in [1.807, 2.05) is 30.3 Å². The number of esters is 1. The lowest BCUT2D eigenvalue weighted by Crippen LogP contribution is -2.43. The van der Waals surface area contributed by atoms with Crippen molar-refractivity contribution in [1.29, 1.82) is 0 Å². The third-order valence-electron chi connectivity index (χ3n) is 5.23. The highest BCUT2D eigenvalue weighted by molar-refractivity contribution is 7.17. The van der Waals surface area contributed by atoms with E-state index in [2.05, 4.69) is 4.98 Å². The first-order valence-electron chi connectivity index (χ1n) is 10.3. The van der Waals surface area contributed by atoms with Gasteiger partial charge in [0.2, 0.25) is 0 Å². The summed E-state index contributed by atoms with van der Waals surface area (Å²) in [7, 11) is 0. The second kappa shape index (κ2) is 9.40. The molecule has 1 aromatic heterocycles. The van der Waals surface area contributed by atoms with Crippen LogP contribution in [0.4, 0.5) is 4.39 Å². The third-order valence-corrected chi connectivity index (χ3v) is 6.41. The monoisotopic (exact) mass is 452 g/mol. The molecule has 1 aliphatic rings. The molecule has 2 amide bonds. The van der Waals surface area contributed by atoms with E-state index in [-0.39, 0.29) is 12.1 Å². The zero-order valence-electron chi connectivity index (χ0n) is 17.4. The molecule has 2 aromatic carbocycles. The van der Waals surface area contributed by atoms with E-state index in [1.165, 1.54) is 35.6 Å². The molecule has 1 aliphatic heterocycles. The van der Waals surface area contributed by atoms with Gasteiger partial charge in [-0.3, -0.25) is 14.5 Å². The second-order valence-electron chi connectivity index (χ2n) is 7.49. The molecule has 0 bridgehead atoms. The topological polar surface area (TPSA) is 76.6 Å². The summed E-state index contributed by atoms with van der Waals surface area (Å²) in [6.07, 6.45) is 0.510. The van der Waals surface area contributed by atoms with Crippen LogP contribution in [-0.2, 0) is 9.53 Å². The second-order valence-corrected chi connectivity index (χ2v) is 8.49. The SMILES string of the molecule is Cc1nc(-c2ccccc2)sc1C(=O)OC1CCCCN(C(=O)c2ccc(F)cc2)C1=O. The molecule has 6 nitrogen and oxygen atoms in total. The van der Waals surface area contributed by atoms with E-state index in [0.717, 1.165) is 10.5 Å². The summed E-state index contributed by atoms with van der Waals surface area (Å²) < 4.78 is 18.8. The minimum atomic E-state index is -1.06. The lowest BCUT2D eigenvalue weighted by molar-refractivity contribution is -0.137. The van der Waals surface area contributed by atoms with Crippen LogP contribution in [-0.4, -0.2) is 40.3 Å². The molecule has 0 N–H and O–H groups in total. The minimum absolute atomic E-state index is 0.206. The number of hydrogen-bond acceptors (Lipinski definition) is 6. The summed E-state index contributed by atoms with van der Waals surface area (Å²) in [5.41, 5.74) is 1.62. The molecule has 3 aromatic rings. The number of halogens is 1. The van der Waals surface area contributed by atoms with Crippen molar-refractivity contribution >= 4 is 29.1 Å². The van der Waals surface area contributed by atoms with E-state index >= 15 is 0 Å². The van der Waals surface area contributed by atoms with Gasteiger partial charge in [-0.05, 0) is 50.5 Å². The quantitative estimate of drug-likeness (QED) is 0.426. The number of amides is 2. The summed E-state index contributed by atoms with van der Waals surface area (Å²) in [5, 5.41) is 0.690. The van der Waals surface area contributed by atoms with Crippen molar-refractivity contribution in [2.45, 2.75) is 32.3 Å². The Labute approximate surface area is 188 Å². The average molecular weight is 453 g/mol. The molecule has 0 aliphatic carbocycles. The Kier molecular flexibility index (Phi) is 6.41. The standard InChI is InChI=1S/C24H21FN2O4S/c1-15-20(32-21(26-15)16-7-3-2-4-8-16)24(30)31-19-9-5-6-14-27(23(19)29)22(28)17-10-12-18(25)13-11-17/h2-4,7-8,10-13,19H,5-6,9,14H2,1H3. The zero-order valence-corrected chi connectivity index (χ0v) is 18.2. The van der Waals surface area contributed by atoms with Crippen LogP contribution in [0.3, 0.4) is 0 Å². The molecule has 1 unspecified atom stereocenters. The number of hydrogen-bond donors (Lipinski definition) is 0. The normalized spacial score (nSPS) is 16.5. The Morgan fingerprint density at radius 1 is 1.09 bits per heavy atom. The lowest BCUT2D eigenvalue weighted by atomic mass is 10.1. The largest absolute Gasteiger partial charge is 0.448 e. The third kappa shape index (κ3) is 4.60. The highest BCUT2D eigenvalue weighted by Gasteiger charge is 2.35. The van der Waals surface area contributed by atoms with Gasteiger partial charge in [-0.15, -0.1) is 11.3 Å². The fraction of sp³-hybridized carbons (Fsp3) is 0.250. The first-order valence-corrected chi connectivity index (χ1v) is 11.1. The Hall–Kier alpha value is -3.39. The number of rotatable bonds is 4. The van der Waals surface area contributed by atoms with E-state index in [1.54, 1.807) is 6.92 Å². The fourth-order valence-electron chi connectivity index (χ4n) is 3.54. The molecule has 4 rings (SSSR count). The van der Waals surface area contributed by atoms with Crippen LogP contribution >= 0.6 is 11.3 Å². The zero-order chi connectivity index (χ0) is 22.7. The highest BCUT2D eigenvalue weighted by Crippen LogP contribution is 2.29. The van der Waals surface area contributed by atoms with Gasteiger partial charge in [-0.25, -0.2) is 14.2 Å². The Bertz CT molecular complexity index is 1140. The molecule has 164 valence electrons. The number of carbonyl (C=O) groups is 3. The number of nitrogens with zero attached hydrogens (tertiary/aromatic N) is 2. The number of aryl methyl sites for hydroxylation is 1. The molecule has 1 atom stereocenters. The molecule has 1 saturated heterocycles. The van der Waals surface area contributed by atoms with Crippen molar-refractivity contribution in [3.8, 4) is 10.6 Å². The predicted octanol–water partition coefficient (Wildman–Crippen LogP) is 4.64. The summed E-state index contributed by atoms with van der Waals surface area (Å²) in [5.74, 6) is -2.18. The first kappa shape index (κ1) is 21.8. The number of likely N-dealkylation sites (tertiary alicyclic amines) is 1. The van der Waals surface area contributed by atoms with Gasteiger partial charge in [0, 0.05) is 17.7 Å². The van der Waals surface area contributed by atoms with Crippen molar-refractivity contribution < 1.29 is 23.5 Å². The van der Waals surface area contributed by atoms with Gasteiger partial charge in [0.25, 0.3) is 11.8 Å². The molecular weight excluding hydrogens is 431 g/mol. The smallest absolute Gasteiger partial charge is 0.351 e. The molecule has 2 heterocycles. The van der Waals surface area contributed by atoms with Gasteiger partial charge in [0.15, 0.2) is 6.10 Å².